The molecule has 2 aromatic carbocycles. The summed E-state index contributed by atoms with van der Waals surface area (Å²) in [5.74, 6) is 0.0581. The fraction of sp³-hybridized carbons (Fsp3) is 0.364. The number of rotatable bonds is 4. The lowest BCUT2D eigenvalue weighted by Gasteiger charge is -2.29. The fourth-order valence-electron chi connectivity index (χ4n) is 4.05. The van der Waals surface area contributed by atoms with Crippen molar-refractivity contribution in [2.24, 2.45) is 11.0 Å². The fourth-order valence-corrected chi connectivity index (χ4v) is 5.03. The standard InChI is InChI=1S/C22H23Cl3N4S.ClH/c1-14-20(22(30)27-28-11-3-2-4-12-28)26-29(19-10-9-17(24)13-18(19)25)21(14)15-5-7-16(23)8-6-15;/h5-10,13-14,21H,2-4,11-12H2,1H3,(H,27,30);1H. The van der Waals surface area contributed by atoms with E-state index >= 15 is 0 Å². The van der Waals surface area contributed by atoms with Gasteiger partial charge in [0.2, 0.25) is 0 Å². The van der Waals surface area contributed by atoms with E-state index in [1.807, 2.05) is 41.4 Å². The van der Waals surface area contributed by atoms with Crippen molar-refractivity contribution < 1.29 is 0 Å². The highest BCUT2D eigenvalue weighted by Crippen LogP contribution is 2.42. The van der Waals surface area contributed by atoms with Gasteiger partial charge in [-0.05, 0) is 48.7 Å². The van der Waals surface area contributed by atoms with Gasteiger partial charge in [-0.15, -0.1) is 12.4 Å². The number of hydrazone groups is 1. The van der Waals surface area contributed by atoms with Crippen LogP contribution in [0.4, 0.5) is 5.69 Å². The Morgan fingerprint density at radius 3 is 2.29 bits per heavy atom. The van der Waals surface area contributed by atoms with Crippen LogP contribution < -0.4 is 10.4 Å². The van der Waals surface area contributed by atoms with Gasteiger partial charge in [0.15, 0.2) is 0 Å². The highest BCUT2D eigenvalue weighted by atomic mass is 35.5. The molecule has 2 aliphatic heterocycles. The number of nitrogens with zero attached hydrogens (tertiary/aromatic N) is 3. The van der Waals surface area contributed by atoms with E-state index in [0.717, 1.165) is 30.1 Å². The molecule has 166 valence electrons. The number of hydrogen-bond donors (Lipinski definition) is 1. The molecular weight excluding hydrogens is 494 g/mol. The van der Waals surface area contributed by atoms with E-state index in [1.54, 1.807) is 6.07 Å². The van der Waals surface area contributed by atoms with Gasteiger partial charge in [-0.3, -0.25) is 5.01 Å². The van der Waals surface area contributed by atoms with E-state index in [0.29, 0.717) is 20.1 Å². The SMILES string of the molecule is CC1C(C(=S)NN2CCCCC2)=NN(c2ccc(Cl)cc2Cl)C1c1ccc(Cl)cc1.Cl. The third-order valence-electron chi connectivity index (χ3n) is 5.60. The minimum atomic E-state index is -0.0583. The van der Waals surface area contributed by atoms with Crippen LogP contribution in [-0.2, 0) is 0 Å². The maximum absolute atomic E-state index is 6.55. The van der Waals surface area contributed by atoms with Gasteiger partial charge < -0.3 is 5.43 Å². The van der Waals surface area contributed by atoms with E-state index in [4.69, 9.17) is 52.1 Å². The number of piperidine rings is 1. The molecule has 0 amide bonds. The molecule has 2 atom stereocenters. The summed E-state index contributed by atoms with van der Waals surface area (Å²) < 4.78 is 0. The highest BCUT2D eigenvalue weighted by Gasteiger charge is 2.39. The number of nitrogens with one attached hydrogen (secondary N) is 1. The molecule has 1 N–H and O–H groups in total. The molecule has 2 unspecified atom stereocenters. The van der Waals surface area contributed by atoms with Gasteiger partial charge in [0.1, 0.15) is 10.7 Å². The zero-order chi connectivity index (χ0) is 21.3. The molecule has 1 saturated heterocycles. The lowest BCUT2D eigenvalue weighted by Crippen LogP contribution is -2.47. The van der Waals surface area contributed by atoms with Crippen molar-refractivity contribution in [1.29, 1.82) is 0 Å². The molecule has 0 spiro atoms. The average Bonchev–Trinajstić information content (AvgIpc) is 3.06. The van der Waals surface area contributed by atoms with Gasteiger partial charge in [-0.2, -0.15) is 5.10 Å². The van der Waals surface area contributed by atoms with Crippen LogP contribution in [-0.4, -0.2) is 28.8 Å². The van der Waals surface area contributed by atoms with Crippen LogP contribution in [0, 0.1) is 5.92 Å². The van der Waals surface area contributed by atoms with Crippen LogP contribution in [0.1, 0.15) is 37.8 Å². The Morgan fingerprint density at radius 2 is 1.65 bits per heavy atom. The molecule has 2 heterocycles. The Balaban J connectivity index is 0.00000272. The summed E-state index contributed by atoms with van der Waals surface area (Å²) in [6.45, 7) is 4.14. The third kappa shape index (κ3) is 5.47. The molecular formula is C22H24Cl4N4S. The summed E-state index contributed by atoms with van der Waals surface area (Å²) in [5, 5.41) is 10.9. The Morgan fingerprint density at radius 1 is 1.00 bits per heavy atom. The number of benzene rings is 2. The lowest BCUT2D eigenvalue weighted by atomic mass is 9.91. The van der Waals surface area contributed by atoms with Crippen LogP contribution >= 0.6 is 59.4 Å². The molecule has 0 aliphatic carbocycles. The highest BCUT2D eigenvalue weighted by molar-refractivity contribution is 7.82. The maximum atomic E-state index is 6.55. The van der Waals surface area contributed by atoms with Gasteiger partial charge in [0, 0.05) is 29.1 Å². The quantitative estimate of drug-likeness (QED) is 0.445. The van der Waals surface area contributed by atoms with Crippen molar-refractivity contribution in [1.82, 2.24) is 10.4 Å². The van der Waals surface area contributed by atoms with Crippen LogP contribution in [0.3, 0.4) is 0 Å². The summed E-state index contributed by atoms with van der Waals surface area (Å²) in [6.07, 6.45) is 3.62. The molecule has 0 radical (unpaired) electrons. The Kier molecular flexibility index (Phi) is 8.47. The Hall–Kier alpha value is -1.08. The van der Waals surface area contributed by atoms with Crippen LogP contribution in [0.15, 0.2) is 47.6 Å². The van der Waals surface area contributed by atoms with Crippen molar-refractivity contribution in [3.05, 3.63) is 63.1 Å². The van der Waals surface area contributed by atoms with Gasteiger partial charge in [0.25, 0.3) is 0 Å². The summed E-state index contributed by atoms with van der Waals surface area (Å²) >= 11 is 24.6. The topological polar surface area (TPSA) is 30.9 Å². The van der Waals surface area contributed by atoms with Crippen LogP contribution in [0.5, 0.6) is 0 Å². The molecule has 0 aromatic heterocycles. The normalized spacial score (nSPS) is 21.4. The minimum absolute atomic E-state index is 0. The largest absolute Gasteiger partial charge is 0.308 e. The minimum Gasteiger partial charge on any atom is -0.308 e. The van der Waals surface area contributed by atoms with E-state index < -0.39 is 0 Å². The molecule has 2 aliphatic rings. The number of hydrazine groups is 1. The maximum Gasteiger partial charge on any atom is 0.137 e. The van der Waals surface area contributed by atoms with Gasteiger partial charge in [-0.25, -0.2) is 5.01 Å². The first-order valence-electron chi connectivity index (χ1n) is 10.1. The number of thiocarbonyl (C=S) groups is 1. The molecule has 0 saturated carbocycles. The molecule has 31 heavy (non-hydrogen) atoms. The predicted octanol–water partition coefficient (Wildman–Crippen LogP) is 6.94. The third-order valence-corrected chi connectivity index (χ3v) is 6.69. The van der Waals surface area contributed by atoms with Crippen molar-refractivity contribution in [2.45, 2.75) is 32.2 Å². The second kappa shape index (κ2) is 10.7. The first-order valence-corrected chi connectivity index (χ1v) is 11.6. The van der Waals surface area contributed by atoms with E-state index in [-0.39, 0.29) is 24.4 Å². The van der Waals surface area contributed by atoms with Crippen molar-refractivity contribution >= 4 is 75.8 Å². The predicted molar refractivity (Wildman–Crippen MR) is 138 cm³/mol. The Bertz CT molecular complexity index is 960. The average molecular weight is 518 g/mol. The van der Waals surface area contributed by atoms with E-state index in [1.165, 1.54) is 19.3 Å². The van der Waals surface area contributed by atoms with Gasteiger partial charge in [0.05, 0.1) is 16.8 Å². The molecule has 4 rings (SSSR count). The van der Waals surface area contributed by atoms with Crippen molar-refractivity contribution in [2.75, 3.05) is 18.1 Å². The zero-order valence-electron chi connectivity index (χ0n) is 17.0. The summed E-state index contributed by atoms with van der Waals surface area (Å²) in [7, 11) is 0. The van der Waals surface area contributed by atoms with Crippen molar-refractivity contribution in [3.8, 4) is 0 Å². The monoisotopic (exact) mass is 516 g/mol. The van der Waals surface area contributed by atoms with E-state index in [2.05, 4.69) is 17.4 Å². The zero-order valence-corrected chi connectivity index (χ0v) is 20.9. The first-order chi connectivity index (χ1) is 14.4. The molecule has 1 fully saturated rings. The number of hydrogen-bond acceptors (Lipinski definition) is 4. The molecule has 2 aromatic rings. The van der Waals surface area contributed by atoms with Crippen molar-refractivity contribution in [3.63, 3.8) is 0 Å². The number of anilines is 1. The molecule has 4 nitrogen and oxygen atoms in total. The summed E-state index contributed by atoms with van der Waals surface area (Å²) in [5.41, 5.74) is 6.14. The van der Waals surface area contributed by atoms with Gasteiger partial charge in [-0.1, -0.05) is 72.5 Å². The van der Waals surface area contributed by atoms with E-state index in [9.17, 15) is 0 Å². The number of halogens is 4. The molecule has 9 heteroatoms. The second-order valence-corrected chi connectivity index (χ2v) is 9.39. The second-order valence-electron chi connectivity index (χ2n) is 7.70. The summed E-state index contributed by atoms with van der Waals surface area (Å²) in [6, 6.07) is 13.2. The molecule has 0 bridgehead atoms. The Labute approximate surface area is 209 Å². The smallest absolute Gasteiger partial charge is 0.137 e. The van der Waals surface area contributed by atoms with Gasteiger partial charge >= 0.3 is 0 Å². The first kappa shape index (κ1) is 24.6. The van der Waals surface area contributed by atoms with Crippen LogP contribution in [0.2, 0.25) is 15.1 Å². The lowest BCUT2D eigenvalue weighted by molar-refractivity contribution is 0.197. The van der Waals surface area contributed by atoms with Crippen LogP contribution in [0.25, 0.3) is 0 Å². The summed E-state index contributed by atoms with van der Waals surface area (Å²) in [4.78, 5) is 0.663.